The Bertz CT molecular complexity index is 328. The normalized spacial score (nSPS) is 19.9. The molecule has 2 rings (SSSR count). The van der Waals surface area contributed by atoms with Gasteiger partial charge in [-0.2, -0.15) is 0 Å². The zero-order valence-electron chi connectivity index (χ0n) is 9.54. The Morgan fingerprint density at radius 3 is 2.73 bits per heavy atom. The molecule has 82 valence electrons. The average molecular weight is 267 g/mol. The largest absolute Gasteiger partial charge is 0.0884 e. The first-order valence-electron chi connectivity index (χ1n) is 5.86. The lowest BCUT2D eigenvalue weighted by Crippen LogP contribution is -2.15. The second-order valence-electron chi connectivity index (χ2n) is 4.91. The second kappa shape index (κ2) is 4.69. The van der Waals surface area contributed by atoms with E-state index in [1.54, 1.807) is 0 Å². The molecule has 1 aromatic rings. The van der Waals surface area contributed by atoms with E-state index >= 15 is 0 Å². The average Bonchev–Trinajstić information content (AvgIpc) is 2.99. The summed E-state index contributed by atoms with van der Waals surface area (Å²) in [5.74, 6) is 1.81. The van der Waals surface area contributed by atoms with E-state index in [0.717, 1.165) is 11.8 Å². The van der Waals surface area contributed by atoms with Gasteiger partial charge in [0.15, 0.2) is 0 Å². The van der Waals surface area contributed by atoms with Crippen molar-refractivity contribution in [3.8, 4) is 0 Å². The molecule has 0 radical (unpaired) electrons. The van der Waals surface area contributed by atoms with E-state index in [9.17, 15) is 0 Å². The van der Waals surface area contributed by atoms with Crippen LogP contribution in [0, 0.1) is 18.8 Å². The number of hydrogen-bond acceptors (Lipinski definition) is 0. The van der Waals surface area contributed by atoms with Gasteiger partial charge in [0.2, 0.25) is 0 Å². The van der Waals surface area contributed by atoms with Crippen LogP contribution in [0.15, 0.2) is 24.3 Å². The van der Waals surface area contributed by atoms with Crippen molar-refractivity contribution in [1.29, 1.82) is 0 Å². The van der Waals surface area contributed by atoms with Crippen LogP contribution >= 0.6 is 15.9 Å². The van der Waals surface area contributed by atoms with Gasteiger partial charge in [-0.15, -0.1) is 0 Å². The van der Waals surface area contributed by atoms with Crippen molar-refractivity contribution in [2.75, 3.05) is 0 Å². The summed E-state index contributed by atoms with van der Waals surface area (Å²) in [5, 5.41) is 0. The minimum atomic E-state index is 0.645. The van der Waals surface area contributed by atoms with Crippen molar-refractivity contribution in [1.82, 2.24) is 0 Å². The molecule has 1 aliphatic carbocycles. The first kappa shape index (κ1) is 11.2. The molecular formula is C14H19Br. The van der Waals surface area contributed by atoms with Gasteiger partial charge < -0.3 is 0 Å². The number of aryl methyl sites for hydroxylation is 1. The summed E-state index contributed by atoms with van der Waals surface area (Å²) < 4.78 is 0. The minimum Gasteiger partial charge on any atom is -0.0884 e. The standard InChI is InChI=1S/C14H19Br/c1-10-4-3-5-12(8-10)9-14(15)11(2)13-6-7-13/h3-5,8,11,13-14H,6-7,9H2,1-2H3. The Hall–Kier alpha value is -0.300. The maximum atomic E-state index is 3.85. The van der Waals surface area contributed by atoms with Gasteiger partial charge in [0.25, 0.3) is 0 Å². The van der Waals surface area contributed by atoms with E-state index in [1.807, 2.05) is 0 Å². The van der Waals surface area contributed by atoms with Crippen molar-refractivity contribution >= 4 is 15.9 Å². The fraction of sp³-hybridized carbons (Fsp3) is 0.571. The van der Waals surface area contributed by atoms with E-state index in [4.69, 9.17) is 0 Å². The first-order valence-corrected chi connectivity index (χ1v) is 6.78. The third-order valence-electron chi connectivity index (χ3n) is 3.45. The van der Waals surface area contributed by atoms with Crippen LogP contribution in [0.4, 0.5) is 0 Å². The lowest BCUT2D eigenvalue weighted by Gasteiger charge is -2.17. The third-order valence-corrected chi connectivity index (χ3v) is 4.61. The molecule has 15 heavy (non-hydrogen) atoms. The Morgan fingerprint density at radius 2 is 2.13 bits per heavy atom. The number of hydrogen-bond donors (Lipinski definition) is 0. The number of rotatable bonds is 4. The lowest BCUT2D eigenvalue weighted by atomic mass is 9.96. The summed E-state index contributed by atoms with van der Waals surface area (Å²) in [6.07, 6.45) is 4.05. The van der Waals surface area contributed by atoms with Gasteiger partial charge in [-0.1, -0.05) is 52.7 Å². The van der Waals surface area contributed by atoms with Crippen molar-refractivity contribution in [2.45, 2.75) is 37.9 Å². The van der Waals surface area contributed by atoms with E-state index in [-0.39, 0.29) is 0 Å². The molecule has 0 aromatic heterocycles. The highest BCUT2D eigenvalue weighted by atomic mass is 79.9. The summed E-state index contributed by atoms with van der Waals surface area (Å²) in [6.45, 7) is 4.55. The van der Waals surface area contributed by atoms with E-state index in [0.29, 0.717) is 4.83 Å². The van der Waals surface area contributed by atoms with Crippen LogP contribution in [0.2, 0.25) is 0 Å². The van der Waals surface area contributed by atoms with Gasteiger partial charge in [-0.05, 0) is 43.6 Å². The molecule has 1 heteroatoms. The minimum absolute atomic E-state index is 0.645. The molecule has 0 bridgehead atoms. The molecular weight excluding hydrogens is 248 g/mol. The maximum absolute atomic E-state index is 3.85. The lowest BCUT2D eigenvalue weighted by molar-refractivity contribution is 0.490. The molecule has 0 nitrogen and oxygen atoms in total. The van der Waals surface area contributed by atoms with Crippen LogP contribution in [-0.2, 0) is 6.42 Å². The molecule has 1 aromatic carbocycles. The zero-order chi connectivity index (χ0) is 10.8. The molecule has 0 N–H and O–H groups in total. The summed E-state index contributed by atoms with van der Waals surface area (Å²) in [7, 11) is 0. The van der Waals surface area contributed by atoms with Crippen molar-refractivity contribution in [3.63, 3.8) is 0 Å². The van der Waals surface area contributed by atoms with E-state index in [2.05, 4.69) is 54.0 Å². The zero-order valence-corrected chi connectivity index (χ0v) is 11.1. The summed E-state index contributed by atoms with van der Waals surface area (Å²) >= 11 is 3.85. The molecule has 0 saturated heterocycles. The smallest absolute Gasteiger partial charge is 0.0214 e. The van der Waals surface area contributed by atoms with Crippen molar-refractivity contribution in [3.05, 3.63) is 35.4 Å². The topological polar surface area (TPSA) is 0 Å². The molecule has 0 spiro atoms. The molecule has 2 unspecified atom stereocenters. The molecule has 0 amide bonds. The monoisotopic (exact) mass is 266 g/mol. The predicted octanol–water partition coefficient (Wildman–Crippen LogP) is 4.35. The van der Waals surface area contributed by atoms with Crippen LogP contribution in [0.3, 0.4) is 0 Å². The van der Waals surface area contributed by atoms with Crippen LogP contribution < -0.4 is 0 Å². The van der Waals surface area contributed by atoms with Crippen LogP contribution in [0.1, 0.15) is 30.9 Å². The van der Waals surface area contributed by atoms with Crippen LogP contribution in [0.25, 0.3) is 0 Å². The van der Waals surface area contributed by atoms with Gasteiger partial charge in [0, 0.05) is 4.83 Å². The fourth-order valence-electron chi connectivity index (χ4n) is 2.17. The van der Waals surface area contributed by atoms with Crippen molar-refractivity contribution in [2.24, 2.45) is 11.8 Å². The van der Waals surface area contributed by atoms with Gasteiger partial charge >= 0.3 is 0 Å². The number of halogens is 1. The van der Waals surface area contributed by atoms with Gasteiger partial charge in [-0.3, -0.25) is 0 Å². The first-order chi connectivity index (χ1) is 7.16. The predicted molar refractivity (Wildman–Crippen MR) is 69.5 cm³/mol. The second-order valence-corrected chi connectivity index (χ2v) is 6.08. The Balaban J connectivity index is 1.95. The highest BCUT2D eigenvalue weighted by Crippen LogP contribution is 2.40. The highest BCUT2D eigenvalue weighted by Gasteiger charge is 2.31. The highest BCUT2D eigenvalue weighted by molar-refractivity contribution is 9.09. The fourth-order valence-corrected chi connectivity index (χ4v) is 2.97. The molecule has 0 heterocycles. The Labute approximate surface area is 101 Å². The van der Waals surface area contributed by atoms with E-state index < -0.39 is 0 Å². The summed E-state index contributed by atoms with van der Waals surface area (Å²) in [5.41, 5.74) is 2.83. The number of alkyl halides is 1. The summed E-state index contributed by atoms with van der Waals surface area (Å²) in [4.78, 5) is 0.645. The Morgan fingerprint density at radius 1 is 1.40 bits per heavy atom. The molecule has 1 fully saturated rings. The maximum Gasteiger partial charge on any atom is 0.0214 e. The molecule has 2 atom stereocenters. The quantitative estimate of drug-likeness (QED) is 0.711. The molecule has 0 aliphatic heterocycles. The number of benzene rings is 1. The van der Waals surface area contributed by atoms with Gasteiger partial charge in [-0.25, -0.2) is 0 Å². The Kier molecular flexibility index (Phi) is 3.50. The molecule has 1 aliphatic rings. The van der Waals surface area contributed by atoms with Crippen molar-refractivity contribution < 1.29 is 0 Å². The van der Waals surface area contributed by atoms with Crippen LogP contribution in [0.5, 0.6) is 0 Å². The van der Waals surface area contributed by atoms with E-state index in [1.165, 1.54) is 30.4 Å². The van der Waals surface area contributed by atoms with Gasteiger partial charge in [0.1, 0.15) is 0 Å². The summed E-state index contributed by atoms with van der Waals surface area (Å²) in [6, 6.07) is 8.86. The third kappa shape index (κ3) is 3.07. The SMILES string of the molecule is Cc1cccc(CC(Br)C(C)C2CC2)c1. The molecule has 1 saturated carbocycles. The van der Waals surface area contributed by atoms with Crippen LogP contribution in [-0.4, -0.2) is 4.83 Å². The van der Waals surface area contributed by atoms with Gasteiger partial charge in [0.05, 0.1) is 0 Å².